The quantitative estimate of drug-likeness (QED) is 0.762. The Bertz CT molecular complexity index is 587. The van der Waals surface area contributed by atoms with Gasteiger partial charge in [0.05, 0.1) is 0 Å². The first-order valence-corrected chi connectivity index (χ1v) is 9.91. The fraction of sp³-hybridized carbons (Fsp3) is 0.643. The molecule has 4 nitrogen and oxygen atoms in total. The minimum Gasteiger partial charge on any atom is -0.242 e. The van der Waals surface area contributed by atoms with Gasteiger partial charge in [-0.05, 0) is 53.6 Å². The fourth-order valence-electron chi connectivity index (χ4n) is 2.85. The molecule has 0 unspecified atom stereocenters. The summed E-state index contributed by atoms with van der Waals surface area (Å²) in [7, 11) is -3.62. The molecule has 0 atom stereocenters. The largest absolute Gasteiger partial charge is 0.243 e. The molecule has 1 saturated carbocycles. The van der Waals surface area contributed by atoms with E-state index in [1.807, 2.05) is 0 Å². The molecule has 1 aliphatic rings. The van der Waals surface area contributed by atoms with Gasteiger partial charge in [-0.1, -0.05) is 31.4 Å². The van der Waals surface area contributed by atoms with E-state index in [9.17, 15) is 8.42 Å². The number of rotatable bonds is 5. The molecule has 118 valence electrons. The molecule has 0 saturated heterocycles. The minimum atomic E-state index is -3.62. The van der Waals surface area contributed by atoms with E-state index in [-0.39, 0.29) is 16.1 Å². The van der Waals surface area contributed by atoms with Gasteiger partial charge in [-0.3, -0.25) is 0 Å². The Balaban J connectivity index is 2.04. The first-order chi connectivity index (χ1) is 9.92. The topological polar surface area (TPSA) is 59.1 Å². The maximum atomic E-state index is 12.4. The van der Waals surface area contributed by atoms with Gasteiger partial charge < -0.3 is 0 Å². The molecule has 21 heavy (non-hydrogen) atoms. The molecule has 1 aromatic rings. The van der Waals surface area contributed by atoms with E-state index in [1.165, 1.54) is 25.1 Å². The lowest BCUT2D eigenvalue weighted by Gasteiger charge is -2.28. The van der Waals surface area contributed by atoms with Gasteiger partial charge in [0, 0.05) is 16.7 Å². The van der Waals surface area contributed by atoms with Gasteiger partial charge in [-0.15, -0.1) is 0 Å². The van der Waals surface area contributed by atoms with Crippen molar-refractivity contribution in [3.8, 4) is 0 Å². The van der Waals surface area contributed by atoms with Crippen LogP contribution in [0.15, 0.2) is 21.6 Å². The van der Waals surface area contributed by atoms with Crippen molar-refractivity contribution in [1.82, 2.24) is 9.71 Å². The maximum Gasteiger partial charge on any atom is 0.243 e. The summed E-state index contributed by atoms with van der Waals surface area (Å²) in [5, 5.41) is 0.00497. The van der Waals surface area contributed by atoms with Gasteiger partial charge in [0.15, 0.2) is 0 Å². The Morgan fingerprint density at radius 3 is 2.67 bits per heavy atom. The molecule has 0 aromatic carbocycles. The fourth-order valence-corrected chi connectivity index (χ4v) is 5.10. The zero-order valence-electron chi connectivity index (χ0n) is 12.0. The van der Waals surface area contributed by atoms with Crippen molar-refractivity contribution in [1.29, 1.82) is 0 Å². The second-order valence-corrected chi connectivity index (χ2v) is 8.53. The van der Waals surface area contributed by atoms with Crippen molar-refractivity contribution in [2.45, 2.75) is 56.4 Å². The van der Waals surface area contributed by atoms with Crippen LogP contribution in [-0.4, -0.2) is 19.4 Å². The summed E-state index contributed by atoms with van der Waals surface area (Å²) in [6, 6.07) is 1.48. The molecule has 0 radical (unpaired) electrons. The number of nitrogens with zero attached hydrogens (tertiary/aromatic N) is 1. The summed E-state index contributed by atoms with van der Waals surface area (Å²) >= 11 is 9.14. The van der Waals surface area contributed by atoms with E-state index >= 15 is 0 Å². The Morgan fingerprint density at radius 2 is 2.05 bits per heavy atom. The van der Waals surface area contributed by atoms with Crippen LogP contribution in [0.1, 0.15) is 45.4 Å². The average Bonchev–Trinajstić information content (AvgIpc) is 2.43. The zero-order valence-corrected chi connectivity index (χ0v) is 15.1. The monoisotopic (exact) mass is 394 g/mol. The van der Waals surface area contributed by atoms with E-state index in [0.717, 1.165) is 31.6 Å². The summed E-state index contributed by atoms with van der Waals surface area (Å²) in [6.07, 6.45) is 7.88. The van der Waals surface area contributed by atoms with Crippen LogP contribution in [0, 0.1) is 5.92 Å². The first kappa shape index (κ1) is 17.2. The molecular weight excluding hydrogens is 376 g/mol. The van der Waals surface area contributed by atoms with Crippen LogP contribution in [0.3, 0.4) is 0 Å². The number of aromatic nitrogens is 1. The highest BCUT2D eigenvalue weighted by Crippen LogP contribution is 2.29. The number of pyridine rings is 1. The van der Waals surface area contributed by atoms with Gasteiger partial charge in [-0.25, -0.2) is 18.1 Å². The lowest BCUT2D eigenvalue weighted by atomic mass is 9.84. The lowest BCUT2D eigenvalue weighted by Crippen LogP contribution is -2.37. The number of sulfonamides is 1. The van der Waals surface area contributed by atoms with Crippen LogP contribution in [0.2, 0.25) is 5.15 Å². The van der Waals surface area contributed by atoms with E-state index < -0.39 is 10.0 Å². The molecule has 1 heterocycles. The molecule has 0 aliphatic heterocycles. The average molecular weight is 396 g/mol. The second-order valence-electron chi connectivity index (χ2n) is 5.57. The molecule has 1 fully saturated rings. The molecule has 2 rings (SSSR count). The van der Waals surface area contributed by atoms with Crippen molar-refractivity contribution in [2.75, 3.05) is 0 Å². The van der Waals surface area contributed by atoms with Gasteiger partial charge in [0.1, 0.15) is 10.0 Å². The zero-order chi connectivity index (χ0) is 15.5. The van der Waals surface area contributed by atoms with Crippen LogP contribution < -0.4 is 4.72 Å². The van der Waals surface area contributed by atoms with Crippen LogP contribution in [0.4, 0.5) is 0 Å². The predicted octanol–water partition coefficient (Wildman–Crippen LogP) is 4.13. The Kier molecular flexibility index (Phi) is 6.05. The van der Waals surface area contributed by atoms with Crippen molar-refractivity contribution < 1.29 is 8.42 Å². The third-order valence-corrected chi connectivity index (χ3v) is 6.31. The molecular formula is C14H20BrClN2O2S. The van der Waals surface area contributed by atoms with Crippen LogP contribution in [0.5, 0.6) is 0 Å². The van der Waals surface area contributed by atoms with E-state index in [2.05, 4.69) is 32.6 Å². The number of hydrogen-bond acceptors (Lipinski definition) is 3. The van der Waals surface area contributed by atoms with Crippen LogP contribution in [-0.2, 0) is 10.0 Å². The molecule has 1 aliphatic carbocycles. The smallest absolute Gasteiger partial charge is 0.242 e. The third-order valence-electron chi connectivity index (χ3n) is 3.93. The minimum absolute atomic E-state index is 0.00171. The first-order valence-electron chi connectivity index (χ1n) is 7.25. The Morgan fingerprint density at radius 1 is 1.38 bits per heavy atom. The van der Waals surface area contributed by atoms with Crippen molar-refractivity contribution in [3.63, 3.8) is 0 Å². The van der Waals surface area contributed by atoms with Crippen LogP contribution in [0.25, 0.3) is 0 Å². The Labute approximate surface area is 139 Å². The van der Waals surface area contributed by atoms with Crippen molar-refractivity contribution in [3.05, 3.63) is 21.9 Å². The van der Waals surface area contributed by atoms with E-state index in [1.54, 1.807) is 0 Å². The summed E-state index contributed by atoms with van der Waals surface area (Å²) in [6.45, 7) is 2.19. The van der Waals surface area contributed by atoms with E-state index in [0.29, 0.717) is 4.47 Å². The SMILES string of the molecule is CCCC1CCC(NS(=O)(=O)c2cc(Br)cnc2Cl)CC1. The lowest BCUT2D eigenvalue weighted by molar-refractivity contribution is 0.297. The van der Waals surface area contributed by atoms with Gasteiger partial charge in [-0.2, -0.15) is 0 Å². The van der Waals surface area contributed by atoms with Gasteiger partial charge in [0.2, 0.25) is 10.0 Å². The molecule has 1 aromatic heterocycles. The molecule has 7 heteroatoms. The summed E-state index contributed by atoms with van der Waals surface area (Å²) in [4.78, 5) is 3.91. The van der Waals surface area contributed by atoms with E-state index in [4.69, 9.17) is 11.6 Å². The number of hydrogen-bond donors (Lipinski definition) is 1. The highest BCUT2D eigenvalue weighted by atomic mass is 79.9. The predicted molar refractivity (Wildman–Crippen MR) is 87.9 cm³/mol. The van der Waals surface area contributed by atoms with Gasteiger partial charge in [0.25, 0.3) is 0 Å². The Hall–Kier alpha value is -0.170. The molecule has 0 bridgehead atoms. The van der Waals surface area contributed by atoms with Crippen molar-refractivity contribution in [2.24, 2.45) is 5.92 Å². The summed E-state index contributed by atoms with van der Waals surface area (Å²) in [5.41, 5.74) is 0. The molecule has 0 amide bonds. The van der Waals surface area contributed by atoms with Crippen molar-refractivity contribution >= 4 is 37.6 Å². The highest BCUT2D eigenvalue weighted by molar-refractivity contribution is 9.10. The number of halogens is 2. The number of nitrogens with one attached hydrogen (secondary N) is 1. The molecule has 1 N–H and O–H groups in total. The summed E-state index contributed by atoms with van der Waals surface area (Å²) in [5.74, 6) is 0.742. The maximum absolute atomic E-state index is 12.4. The molecule has 0 spiro atoms. The normalized spacial score (nSPS) is 23.2. The third kappa shape index (κ3) is 4.65. The van der Waals surface area contributed by atoms with Gasteiger partial charge >= 0.3 is 0 Å². The summed E-state index contributed by atoms with van der Waals surface area (Å²) < 4.78 is 28.2. The highest BCUT2D eigenvalue weighted by Gasteiger charge is 2.27. The second kappa shape index (κ2) is 7.40. The van der Waals surface area contributed by atoms with Crippen LogP contribution >= 0.6 is 27.5 Å². The standard InChI is InChI=1S/C14H20BrClN2O2S/c1-2-3-10-4-6-12(7-5-10)18-21(19,20)13-8-11(15)9-17-14(13)16/h8-10,12,18H,2-7H2,1H3.